The van der Waals surface area contributed by atoms with Crippen LogP contribution >= 0.6 is 0 Å². The molecule has 1 heterocycles. The van der Waals surface area contributed by atoms with Crippen molar-refractivity contribution >= 4 is 28.4 Å². The van der Waals surface area contributed by atoms with Crippen molar-refractivity contribution in [2.24, 2.45) is 0 Å². The molecule has 0 aliphatic rings. The zero-order chi connectivity index (χ0) is 18.8. The molecule has 1 aromatic heterocycles. The summed E-state index contributed by atoms with van der Waals surface area (Å²) < 4.78 is 13.3. The van der Waals surface area contributed by atoms with E-state index in [9.17, 15) is 24.6 Å². The van der Waals surface area contributed by atoms with E-state index in [0.29, 0.717) is 22.0 Å². The van der Waals surface area contributed by atoms with E-state index < -0.39 is 16.5 Å². The van der Waals surface area contributed by atoms with E-state index in [4.69, 9.17) is 0 Å². The largest absolute Gasteiger partial charge is 0.360 e. The number of ketones is 1. The van der Waals surface area contributed by atoms with E-state index in [1.807, 2.05) is 6.07 Å². The van der Waals surface area contributed by atoms with E-state index in [1.165, 1.54) is 36.5 Å². The number of aromatic amines is 1. The molecule has 7 heteroatoms. The van der Waals surface area contributed by atoms with Gasteiger partial charge in [-0.05, 0) is 36.8 Å². The van der Waals surface area contributed by atoms with Gasteiger partial charge in [0, 0.05) is 34.3 Å². The predicted octanol–water partition coefficient (Wildman–Crippen LogP) is 4.31. The number of halogens is 1. The first-order chi connectivity index (χ1) is 12.4. The third-order valence-electron chi connectivity index (χ3n) is 3.99. The molecule has 3 aromatic rings. The molecule has 3 rings (SSSR count). The van der Waals surface area contributed by atoms with Crippen LogP contribution in [0.1, 0.15) is 21.5 Å². The Kier molecular flexibility index (Phi) is 4.33. The quantitative estimate of drug-likeness (QED) is 0.249. The number of nitrogens with zero attached hydrogens (tertiary/aromatic N) is 2. The van der Waals surface area contributed by atoms with E-state index in [-0.39, 0.29) is 16.8 Å². The second-order valence-electron chi connectivity index (χ2n) is 5.69. The van der Waals surface area contributed by atoms with Crippen LogP contribution in [0.5, 0.6) is 0 Å². The molecule has 26 heavy (non-hydrogen) atoms. The number of nitro benzene ring substituents is 1. The molecule has 0 fully saturated rings. The summed E-state index contributed by atoms with van der Waals surface area (Å²) in [7, 11) is 0. The highest BCUT2D eigenvalue weighted by atomic mass is 19.1. The summed E-state index contributed by atoms with van der Waals surface area (Å²) in [5.74, 6) is -0.991. The van der Waals surface area contributed by atoms with Crippen molar-refractivity contribution < 1.29 is 14.1 Å². The van der Waals surface area contributed by atoms with Crippen LogP contribution in [0.2, 0.25) is 0 Å². The zero-order valence-corrected chi connectivity index (χ0v) is 13.6. The second-order valence-corrected chi connectivity index (χ2v) is 5.69. The standard InChI is InChI=1S/C19H12FN3O3/c1-11-2-3-12(7-18(11)23(25)26)6-13(9-21)19(24)16-10-22-17-8-14(20)4-5-15(16)17/h2-8,10,22H,1H3. The normalized spacial score (nSPS) is 11.3. The third-order valence-corrected chi connectivity index (χ3v) is 3.99. The molecule has 6 nitrogen and oxygen atoms in total. The summed E-state index contributed by atoms with van der Waals surface area (Å²) >= 11 is 0. The maximum Gasteiger partial charge on any atom is 0.272 e. The number of nitro groups is 1. The lowest BCUT2D eigenvalue weighted by molar-refractivity contribution is -0.385. The summed E-state index contributed by atoms with van der Waals surface area (Å²) in [4.78, 5) is 26.0. The number of allylic oxidation sites excluding steroid dienone is 1. The molecule has 0 atom stereocenters. The summed E-state index contributed by atoms with van der Waals surface area (Å²) in [6.45, 7) is 1.60. The predicted molar refractivity (Wildman–Crippen MR) is 94.0 cm³/mol. The van der Waals surface area contributed by atoms with E-state index in [1.54, 1.807) is 19.1 Å². The number of hydrogen-bond donors (Lipinski definition) is 1. The smallest absolute Gasteiger partial charge is 0.272 e. The molecule has 0 saturated carbocycles. The van der Waals surface area contributed by atoms with Gasteiger partial charge in [0.1, 0.15) is 17.5 Å². The Bertz CT molecular complexity index is 1120. The molecule has 0 radical (unpaired) electrons. The number of Topliss-reactive ketones (excluding diaryl/α,β-unsaturated/α-hetero) is 1. The maximum absolute atomic E-state index is 13.3. The zero-order valence-electron chi connectivity index (χ0n) is 13.6. The Morgan fingerprint density at radius 3 is 2.77 bits per heavy atom. The van der Waals surface area contributed by atoms with E-state index >= 15 is 0 Å². The molecular weight excluding hydrogens is 337 g/mol. The van der Waals surface area contributed by atoms with Crippen LogP contribution in [0.25, 0.3) is 17.0 Å². The topological polar surface area (TPSA) is 99.8 Å². The summed E-state index contributed by atoms with van der Waals surface area (Å²) in [6.07, 6.45) is 2.71. The molecule has 0 aliphatic carbocycles. The van der Waals surface area contributed by atoms with Crippen LogP contribution in [-0.4, -0.2) is 15.7 Å². The van der Waals surface area contributed by atoms with Gasteiger partial charge in [-0.3, -0.25) is 14.9 Å². The van der Waals surface area contributed by atoms with Crippen molar-refractivity contribution in [2.75, 3.05) is 0 Å². The van der Waals surface area contributed by atoms with Gasteiger partial charge in [-0.15, -0.1) is 0 Å². The van der Waals surface area contributed by atoms with E-state index in [0.717, 1.165) is 0 Å². The first-order valence-electron chi connectivity index (χ1n) is 7.59. The van der Waals surface area contributed by atoms with Gasteiger partial charge in [0.2, 0.25) is 5.78 Å². The molecule has 0 unspecified atom stereocenters. The highest BCUT2D eigenvalue weighted by Gasteiger charge is 2.18. The Balaban J connectivity index is 2.04. The number of fused-ring (bicyclic) bond motifs is 1. The SMILES string of the molecule is Cc1ccc(C=C(C#N)C(=O)c2c[nH]c3cc(F)ccc23)cc1[N+](=O)[O-]. The number of carbonyl (C=O) groups is 1. The lowest BCUT2D eigenvalue weighted by Gasteiger charge is -2.01. The maximum atomic E-state index is 13.3. The van der Waals surface area contributed by atoms with Crippen LogP contribution < -0.4 is 0 Å². The van der Waals surface area contributed by atoms with Crippen molar-refractivity contribution in [3.05, 3.63) is 80.8 Å². The highest BCUT2D eigenvalue weighted by Crippen LogP contribution is 2.24. The Labute approximate surface area is 147 Å². The average molecular weight is 349 g/mol. The lowest BCUT2D eigenvalue weighted by atomic mass is 10.0. The number of nitrogens with one attached hydrogen (secondary N) is 1. The highest BCUT2D eigenvalue weighted by molar-refractivity contribution is 6.19. The van der Waals surface area contributed by atoms with Gasteiger partial charge < -0.3 is 4.98 Å². The number of rotatable bonds is 4. The van der Waals surface area contributed by atoms with Gasteiger partial charge >= 0.3 is 0 Å². The molecule has 0 bridgehead atoms. The average Bonchev–Trinajstić information content (AvgIpc) is 3.03. The lowest BCUT2D eigenvalue weighted by Crippen LogP contribution is -2.01. The first kappa shape index (κ1) is 17.0. The molecule has 0 saturated heterocycles. The number of aromatic nitrogens is 1. The van der Waals surface area contributed by atoms with Crippen molar-refractivity contribution in [1.29, 1.82) is 5.26 Å². The number of nitriles is 1. The molecule has 0 aliphatic heterocycles. The molecular formula is C19H12FN3O3. The number of hydrogen-bond acceptors (Lipinski definition) is 4. The van der Waals surface area contributed by atoms with Crippen LogP contribution in [-0.2, 0) is 0 Å². The van der Waals surface area contributed by atoms with Gasteiger partial charge in [-0.1, -0.05) is 12.1 Å². The Hall–Kier alpha value is -3.79. The summed E-state index contributed by atoms with van der Waals surface area (Å²) in [5.41, 5.74) is 1.26. The molecule has 1 N–H and O–H groups in total. The number of H-pyrrole nitrogens is 1. The Morgan fingerprint density at radius 1 is 1.31 bits per heavy atom. The van der Waals surface area contributed by atoms with Crippen molar-refractivity contribution in [3.63, 3.8) is 0 Å². The molecule has 0 amide bonds. The fourth-order valence-electron chi connectivity index (χ4n) is 2.66. The van der Waals surface area contributed by atoms with Gasteiger partial charge in [0.15, 0.2) is 0 Å². The Morgan fingerprint density at radius 2 is 2.08 bits per heavy atom. The van der Waals surface area contributed by atoms with Crippen LogP contribution in [0.15, 0.2) is 48.2 Å². The fourth-order valence-corrected chi connectivity index (χ4v) is 2.66. The number of aryl methyl sites for hydroxylation is 1. The second kappa shape index (κ2) is 6.61. The minimum absolute atomic E-state index is 0.0916. The van der Waals surface area contributed by atoms with Crippen LogP contribution in [0, 0.1) is 34.2 Å². The third kappa shape index (κ3) is 3.08. The molecule has 2 aromatic carbocycles. The molecule has 128 valence electrons. The minimum Gasteiger partial charge on any atom is -0.360 e. The van der Waals surface area contributed by atoms with Gasteiger partial charge in [-0.25, -0.2) is 4.39 Å². The number of carbonyl (C=O) groups excluding carboxylic acids is 1. The van der Waals surface area contributed by atoms with E-state index in [2.05, 4.69) is 4.98 Å². The van der Waals surface area contributed by atoms with Gasteiger partial charge in [0.25, 0.3) is 5.69 Å². The minimum atomic E-state index is -0.548. The number of benzene rings is 2. The summed E-state index contributed by atoms with van der Waals surface area (Å²) in [6, 6.07) is 10.2. The van der Waals surface area contributed by atoms with Gasteiger partial charge in [0.05, 0.1) is 4.92 Å². The van der Waals surface area contributed by atoms with Crippen molar-refractivity contribution in [2.45, 2.75) is 6.92 Å². The van der Waals surface area contributed by atoms with Crippen LogP contribution in [0.4, 0.5) is 10.1 Å². The molecule has 0 spiro atoms. The van der Waals surface area contributed by atoms with Crippen molar-refractivity contribution in [3.8, 4) is 6.07 Å². The van der Waals surface area contributed by atoms with Crippen LogP contribution in [0.3, 0.4) is 0 Å². The van der Waals surface area contributed by atoms with Crippen molar-refractivity contribution in [1.82, 2.24) is 4.98 Å². The first-order valence-corrected chi connectivity index (χ1v) is 7.59. The monoisotopic (exact) mass is 349 g/mol. The van der Waals surface area contributed by atoms with Gasteiger partial charge in [-0.2, -0.15) is 5.26 Å². The fraction of sp³-hybridized carbons (Fsp3) is 0.0526. The summed E-state index contributed by atoms with van der Waals surface area (Å²) in [5, 5.41) is 20.9.